The molecular formula is C20H21N3O3. The fraction of sp³-hybridized carbons (Fsp3) is 0.250. The zero-order valence-corrected chi connectivity index (χ0v) is 14.8. The maximum Gasteiger partial charge on any atom is 0.272 e. The summed E-state index contributed by atoms with van der Waals surface area (Å²) in [6.07, 6.45) is 0.0979. The van der Waals surface area contributed by atoms with Crippen molar-refractivity contribution in [2.45, 2.75) is 20.3 Å². The molecule has 0 saturated carbocycles. The van der Waals surface area contributed by atoms with Crippen LogP contribution in [0.3, 0.4) is 0 Å². The minimum Gasteiger partial charge on any atom is -0.491 e. The van der Waals surface area contributed by atoms with Gasteiger partial charge in [0.05, 0.1) is 24.0 Å². The number of aryl methyl sites for hydroxylation is 2. The molecule has 0 aliphatic rings. The minimum atomic E-state index is -0.258. The number of aromatic amines is 1. The van der Waals surface area contributed by atoms with Gasteiger partial charge in [-0.3, -0.25) is 9.59 Å². The van der Waals surface area contributed by atoms with Gasteiger partial charge in [-0.25, -0.2) is 5.10 Å². The number of hydrogen-bond acceptors (Lipinski definition) is 4. The van der Waals surface area contributed by atoms with E-state index < -0.39 is 0 Å². The Kier molecular flexibility index (Phi) is 5.31. The number of aromatic nitrogens is 2. The molecule has 1 heterocycles. The summed E-state index contributed by atoms with van der Waals surface area (Å²) in [5, 5.41) is 10.5. The molecule has 1 aromatic heterocycles. The molecule has 2 aromatic carbocycles. The van der Waals surface area contributed by atoms with Gasteiger partial charge in [0.2, 0.25) is 5.91 Å². The van der Waals surface area contributed by atoms with E-state index >= 15 is 0 Å². The molecule has 0 fully saturated rings. The quantitative estimate of drug-likeness (QED) is 0.667. The van der Waals surface area contributed by atoms with Crippen molar-refractivity contribution in [3.05, 3.63) is 69.6 Å². The third-order valence-electron chi connectivity index (χ3n) is 4.18. The zero-order valence-electron chi connectivity index (χ0n) is 14.8. The van der Waals surface area contributed by atoms with Gasteiger partial charge in [0.1, 0.15) is 12.4 Å². The molecule has 1 amide bonds. The van der Waals surface area contributed by atoms with Crippen molar-refractivity contribution >= 4 is 16.7 Å². The summed E-state index contributed by atoms with van der Waals surface area (Å²) in [5.74, 6) is 0.690. The first-order valence-corrected chi connectivity index (χ1v) is 8.48. The summed E-state index contributed by atoms with van der Waals surface area (Å²) in [6, 6.07) is 13.1. The van der Waals surface area contributed by atoms with Crippen molar-refractivity contribution in [3.63, 3.8) is 0 Å². The monoisotopic (exact) mass is 351 g/mol. The number of carbonyl (C=O) groups excluding carboxylic acids is 1. The predicted octanol–water partition coefficient (Wildman–Crippen LogP) is 2.28. The number of nitrogens with one attached hydrogen (secondary N) is 2. The van der Waals surface area contributed by atoms with Gasteiger partial charge in [-0.2, -0.15) is 5.10 Å². The fourth-order valence-electron chi connectivity index (χ4n) is 2.89. The van der Waals surface area contributed by atoms with Crippen LogP contribution in [0, 0.1) is 13.8 Å². The second kappa shape index (κ2) is 7.82. The molecule has 3 rings (SSSR count). The predicted molar refractivity (Wildman–Crippen MR) is 100 cm³/mol. The average molecular weight is 351 g/mol. The summed E-state index contributed by atoms with van der Waals surface area (Å²) >= 11 is 0. The van der Waals surface area contributed by atoms with Gasteiger partial charge in [0, 0.05) is 5.39 Å². The van der Waals surface area contributed by atoms with E-state index in [0.717, 1.165) is 16.9 Å². The first-order chi connectivity index (χ1) is 12.6. The molecule has 0 atom stereocenters. The Balaban J connectivity index is 1.57. The third-order valence-corrected chi connectivity index (χ3v) is 4.18. The molecule has 0 aliphatic carbocycles. The molecule has 0 radical (unpaired) electrons. The molecule has 6 heteroatoms. The number of nitrogens with zero attached hydrogens (tertiary/aromatic N) is 1. The molecule has 0 unspecified atom stereocenters. The topological polar surface area (TPSA) is 84.1 Å². The number of benzene rings is 2. The Morgan fingerprint density at radius 2 is 1.77 bits per heavy atom. The Labute approximate surface area is 151 Å². The number of amides is 1. The Hall–Kier alpha value is -3.15. The number of para-hydroxylation sites is 1. The SMILES string of the molecule is Cc1cccc(C)c1OCCNC(=O)Cc1n[nH]c(=O)c2ccccc12. The minimum absolute atomic E-state index is 0.0979. The lowest BCUT2D eigenvalue weighted by Crippen LogP contribution is -2.30. The van der Waals surface area contributed by atoms with E-state index in [9.17, 15) is 9.59 Å². The smallest absolute Gasteiger partial charge is 0.272 e. The molecule has 3 aromatic rings. The lowest BCUT2D eigenvalue weighted by atomic mass is 10.1. The number of fused-ring (bicyclic) bond motifs is 1. The molecule has 0 spiro atoms. The van der Waals surface area contributed by atoms with Crippen molar-refractivity contribution in [1.82, 2.24) is 15.5 Å². The maximum absolute atomic E-state index is 12.2. The summed E-state index contributed by atoms with van der Waals surface area (Å²) in [7, 11) is 0. The van der Waals surface area contributed by atoms with Crippen LogP contribution in [0.4, 0.5) is 0 Å². The molecular weight excluding hydrogens is 330 g/mol. The Morgan fingerprint density at radius 1 is 1.08 bits per heavy atom. The van der Waals surface area contributed by atoms with E-state index in [2.05, 4.69) is 15.5 Å². The van der Waals surface area contributed by atoms with Crippen LogP contribution in [0.5, 0.6) is 5.75 Å². The van der Waals surface area contributed by atoms with Gasteiger partial charge in [0.25, 0.3) is 5.56 Å². The Bertz CT molecular complexity index is 975. The van der Waals surface area contributed by atoms with Crippen molar-refractivity contribution in [1.29, 1.82) is 0 Å². The van der Waals surface area contributed by atoms with E-state index in [0.29, 0.717) is 29.6 Å². The second-order valence-electron chi connectivity index (χ2n) is 6.14. The van der Waals surface area contributed by atoms with Gasteiger partial charge in [0.15, 0.2) is 0 Å². The Morgan fingerprint density at radius 3 is 2.50 bits per heavy atom. The normalized spacial score (nSPS) is 10.7. The van der Waals surface area contributed by atoms with Crippen LogP contribution in [0.1, 0.15) is 16.8 Å². The van der Waals surface area contributed by atoms with Crippen LogP contribution in [-0.4, -0.2) is 29.3 Å². The zero-order chi connectivity index (χ0) is 18.5. The van der Waals surface area contributed by atoms with Gasteiger partial charge < -0.3 is 10.1 Å². The highest BCUT2D eigenvalue weighted by atomic mass is 16.5. The van der Waals surface area contributed by atoms with Crippen molar-refractivity contribution < 1.29 is 9.53 Å². The number of carbonyl (C=O) groups is 1. The van der Waals surface area contributed by atoms with E-state index in [-0.39, 0.29) is 17.9 Å². The highest BCUT2D eigenvalue weighted by Crippen LogP contribution is 2.21. The highest BCUT2D eigenvalue weighted by molar-refractivity contribution is 5.88. The van der Waals surface area contributed by atoms with Crippen LogP contribution in [-0.2, 0) is 11.2 Å². The van der Waals surface area contributed by atoms with Crippen molar-refractivity contribution in [2.24, 2.45) is 0 Å². The summed E-state index contributed by atoms with van der Waals surface area (Å²) in [5.41, 5.74) is 2.43. The fourth-order valence-corrected chi connectivity index (χ4v) is 2.89. The largest absolute Gasteiger partial charge is 0.491 e. The lowest BCUT2D eigenvalue weighted by molar-refractivity contribution is -0.120. The number of rotatable bonds is 6. The van der Waals surface area contributed by atoms with Crippen molar-refractivity contribution in [3.8, 4) is 5.75 Å². The number of H-pyrrole nitrogens is 1. The number of ether oxygens (including phenoxy) is 1. The van der Waals surface area contributed by atoms with E-state index in [1.54, 1.807) is 18.2 Å². The van der Waals surface area contributed by atoms with Crippen LogP contribution in [0.25, 0.3) is 10.8 Å². The summed E-state index contributed by atoms with van der Waals surface area (Å²) in [4.78, 5) is 24.0. The first kappa shape index (κ1) is 17.7. The molecule has 134 valence electrons. The lowest BCUT2D eigenvalue weighted by Gasteiger charge is -2.12. The van der Waals surface area contributed by atoms with Gasteiger partial charge in [-0.1, -0.05) is 36.4 Å². The van der Waals surface area contributed by atoms with E-state index in [1.807, 2.05) is 38.1 Å². The average Bonchev–Trinajstić information content (AvgIpc) is 2.63. The maximum atomic E-state index is 12.2. The van der Waals surface area contributed by atoms with Crippen molar-refractivity contribution in [2.75, 3.05) is 13.2 Å². The highest BCUT2D eigenvalue weighted by Gasteiger charge is 2.10. The summed E-state index contributed by atoms with van der Waals surface area (Å²) in [6.45, 7) is 4.77. The second-order valence-corrected chi connectivity index (χ2v) is 6.14. The van der Waals surface area contributed by atoms with Crippen LogP contribution in [0.2, 0.25) is 0 Å². The number of hydrogen-bond donors (Lipinski definition) is 2. The third kappa shape index (κ3) is 3.91. The van der Waals surface area contributed by atoms with Crippen LogP contribution < -0.4 is 15.6 Å². The molecule has 0 bridgehead atoms. The first-order valence-electron chi connectivity index (χ1n) is 8.48. The van der Waals surface area contributed by atoms with Crippen LogP contribution in [0.15, 0.2) is 47.3 Å². The summed E-state index contributed by atoms with van der Waals surface area (Å²) < 4.78 is 5.78. The molecule has 6 nitrogen and oxygen atoms in total. The standard InChI is InChI=1S/C20H21N3O3/c1-13-6-5-7-14(2)19(13)26-11-10-21-18(24)12-17-15-8-3-4-9-16(15)20(25)23-22-17/h3-9H,10-12H2,1-2H3,(H,21,24)(H,23,25). The van der Waals surface area contributed by atoms with Gasteiger partial charge in [-0.05, 0) is 31.0 Å². The van der Waals surface area contributed by atoms with E-state index in [1.165, 1.54) is 0 Å². The van der Waals surface area contributed by atoms with Crippen LogP contribution >= 0.6 is 0 Å². The van der Waals surface area contributed by atoms with Gasteiger partial charge in [-0.15, -0.1) is 0 Å². The molecule has 0 aliphatic heterocycles. The molecule has 0 saturated heterocycles. The molecule has 2 N–H and O–H groups in total. The van der Waals surface area contributed by atoms with Gasteiger partial charge >= 0.3 is 0 Å². The van der Waals surface area contributed by atoms with E-state index in [4.69, 9.17) is 4.74 Å². The molecule has 26 heavy (non-hydrogen) atoms.